The van der Waals surface area contributed by atoms with Crippen molar-refractivity contribution >= 4 is 51.2 Å². The maximum absolute atomic E-state index is 12.8. The normalized spacial score (nSPS) is 13.9. The molecule has 210 valence electrons. The van der Waals surface area contributed by atoms with Gasteiger partial charge < -0.3 is 29.8 Å². The molecule has 1 saturated carbocycles. The second-order valence-corrected chi connectivity index (χ2v) is 10.3. The number of amides is 1. The van der Waals surface area contributed by atoms with E-state index in [0.717, 1.165) is 27.8 Å². The Bertz CT molecular complexity index is 1550. The Morgan fingerprint density at radius 1 is 1.18 bits per heavy atom. The summed E-state index contributed by atoms with van der Waals surface area (Å²) >= 11 is 5.97. The third-order valence-corrected chi connectivity index (χ3v) is 7.40. The molecule has 40 heavy (non-hydrogen) atoms. The number of hydrogen-bond donors (Lipinski definition) is 2. The molecule has 0 aliphatic heterocycles. The fourth-order valence-corrected chi connectivity index (χ4v) is 5.12. The highest BCUT2D eigenvalue weighted by molar-refractivity contribution is 6.27. The number of carbonyl (C=O) groups excluding carboxylic acids is 1. The third-order valence-electron chi connectivity index (χ3n) is 7.17. The SMILES string of the molecule is COCCc1nc2c(N)nc3ccccc3c2n1CCCN(Cc1cccc(OC2(C(=O)O)CC2)c1)C(=O)CCl. The number of rotatable bonds is 13. The van der Waals surface area contributed by atoms with Crippen molar-refractivity contribution in [2.75, 3.05) is 31.9 Å². The standard InChI is InChI=1S/C29H32ClN5O5/c1-39-15-10-23-33-25-26(21-8-2-3-9-22(21)32-27(25)31)35(23)14-5-13-34(24(36)17-30)18-19-6-4-7-20(16-19)40-29(11-12-29)28(37)38/h2-4,6-9,16H,5,10-15,17-18H2,1H3,(H2,31,32)(H,37,38). The van der Waals surface area contributed by atoms with E-state index in [4.69, 9.17) is 31.8 Å². The predicted molar refractivity (Wildman–Crippen MR) is 152 cm³/mol. The van der Waals surface area contributed by atoms with Gasteiger partial charge in [0.25, 0.3) is 0 Å². The molecule has 5 rings (SSSR count). The number of methoxy groups -OCH3 is 1. The highest BCUT2D eigenvalue weighted by atomic mass is 35.5. The molecular weight excluding hydrogens is 534 g/mol. The van der Waals surface area contributed by atoms with Crippen LogP contribution in [-0.2, 0) is 33.8 Å². The van der Waals surface area contributed by atoms with E-state index in [1.807, 2.05) is 30.3 Å². The number of anilines is 1. The molecule has 1 fully saturated rings. The van der Waals surface area contributed by atoms with E-state index in [1.165, 1.54) is 0 Å². The van der Waals surface area contributed by atoms with Gasteiger partial charge in [0.15, 0.2) is 5.82 Å². The van der Waals surface area contributed by atoms with Crippen LogP contribution in [0, 0.1) is 0 Å². The Labute approximate surface area is 236 Å². The lowest BCUT2D eigenvalue weighted by molar-refractivity contribution is -0.147. The minimum atomic E-state index is -1.14. The van der Waals surface area contributed by atoms with Crippen molar-refractivity contribution < 1.29 is 24.2 Å². The van der Waals surface area contributed by atoms with Crippen LogP contribution < -0.4 is 10.5 Å². The van der Waals surface area contributed by atoms with E-state index >= 15 is 0 Å². The first-order valence-electron chi connectivity index (χ1n) is 13.2. The van der Waals surface area contributed by atoms with Gasteiger partial charge in [0.2, 0.25) is 11.5 Å². The van der Waals surface area contributed by atoms with Crippen LogP contribution in [-0.4, -0.2) is 68.2 Å². The number of fused-ring (bicyclic) bond motifs is 3. The highest BCUT2D eigenvalue weighted by Crippen LogP contribution is 2.40. The van der Waals surface area contributed by atoms with Crippen molar-refractivity contribution in [3.63, 3.8) is 0 Å². The van der Waals surface area contributed by atoms with Crippen molar-refractivity contribution in [2.24, 2.45) is 0 Å². The average molecular weight is 566 g/mol. The molecule has 0 unspecified atom stereocenters. The van der Waals surface area contributed by atoms with Gasteiger partial charge in [-0.05, 0) is 30.2 Å². The van der Waals surface area contributed by atoms with Crippen LogP contribution in [0.1, 0.15) is 30.7 Å². The number of imidazole rings is 1. The number of nitrogens with zero attached hydrogens (tertiary/aromatic N) is 4. The Morgan fingerprint density at radius 2 is 1.98 bits per heavy atom. The van der Waals surface area contributed by atoms with Crippen molar-refractivity contribution in [2.45, 2.75) is 44.4 Å². The minimum Gasteiger partial charge on any atom is -0.478 e. The van der Waals surface area contributed by atoms with E-state index in [9.17, 15) is 14.7 Å². The molecule has 3 N–H and O–H groups in total. The second-order valence-electron chi connectivity index (χ2n) is 9.99. The number of alkyl halides is 1. The Balaban J connectivity index is 1.36. The molecule has 1 aliphatic carbocycles. The zero-order chi connectivity index (χ0) is 28.3. The quantitative estimate of drug-likeness (QED) is 0.232. The monoisotopic (exact) mass is 565 g/mol. The lowest BCUT2D eigenvalue weighted by Gasteiger charge is -2.23. The molecule has 0 spiro atoms. The molecule has 2 aromatic heterocycles. The summed E-state index contributed by atoms with van der Waals surface area (Å²) in [7, 11) is 1.65. The van der Waals surface area contributed by atoms with E-state index < -0.39 is 11.6 Å². The summed E-state index contributed by atoms with van der Waals surface area (Å²) in [5, 5.41) is 10.4. The van der Waals surface area contributed by atoms with Gasteiger partial charge in [-0.25, -0.2) is 14.8 Å². The van der Waals surface area contributed by atoms with Crippen molar-refractivity contribution in [3.05, 3.63) is 59.9 Å². The number of benzene rings is 2. The molecule has 0 bridgehead atoms. The smallest absolute Gasteiger partial charge is 0.348 e. The van der Waals surface area contributed by atoms with Crippen LogP contribution in [0.3, 0.4) is 0 Å². The van der Waals surface area contributed by atoms with E-state index in [0.29, 0.717) is 69.0 Å². The van der Waals surface area contributed by atoms with Crippen LogP contribution >= 0.6 is 11.6 Å². The van der Waals surface area contributed by atoms with Gasteiger partial charge >= 0.3 is 5.97 Å². The molecule has 4 aromatic rings. The van der Waals surface area contributed by atoms with Crippen molar-refractivity contribution in [1.29, 1.82) is 0 Å². The topological polar surface area (TPSA) is 133 Å². The average Bonchev–Trinajstić information content (AvgIpc) is 3.64. The second kappa shape index (κ2) is 11.7. The summed E-state index contributed by atoms with van der Waals surface area (Å²) in [4.78, 5) is 35.4. The van der Waals surface area contributed by atoms with Gasteiger partial charge in [-0.1, -0.05) is 30.3 Å². The van der Waals surface area contributed by atoms with Crippen molar-refractivity contribution in [3.8, 4) is 5.75 Å². The van der Waals surface area contributed by atoms with E-state index in [-0.39, 0.29) is 11.8 Å². The largest absolute Gasteiger partial charge is 0.478 e. The lowest BCUT2D eigenvalue weighted by atomic mass is 10.1. The minimum absolute atomic E-state index is 0.141. The predicted octanol–water partition coefficient (Wildman–Crippen LogP) is 4.01. The first kappa shape index (κ1) is 27.7. The number of nitrogens with two attached hydrogens (primary N) is 1. The summed E-state index contributed by atoms with van der Waals surface area (Å²) in [6.07, 6.45) is 2.21. The Hall–Kier alpha value is -3.89. The van der Waals surface area contributed by atoms with Gasteiger partial charge in [0.1, 0.15) is 23.0 Å². The number of halogens is 1. The molecule has 0 radical (unpaired) electrons. The number of pyridine rings is 1. The number of carbonyl (C=O) groups is 2. The zero-order valence-electron chi connectivity index (χ0n) is 22.3. The molecule has 2 heterocycles. The molecule has 0 atom stereocenters. The van der Waals surface area contributed by atoms with E-state index in [2.05, 4.69) is 9.55 Å². The molecule has 2 aromatic carbocycles. The van der Waals surface area contributed by atoms with Gasteiger partial charge in [-0.2, -0.15) is 0 Å². The van der Waals surface area contributed by atoms with Gasteiger partial charge in [0, 0.05) is 51.4 Å². The number of para-hydroxylation sites is 1. The van der Waals surface area contributed by atoms with Crippen LogP contribution in [0.5, 0.6) is 5.75 Å². The van der Waals surface area contributed by atoms with Gasteiger partial charge in [-0.3, -0.25) is 4.79 Å². The lowest BCUT2D eigenvalue weighted by Crippen LogP contribution is -2.33. The van der Waals surface area contributed by atoms with Crippen LogP contribution in [0.4, 0.5) is 5.82 Å². The van der Waals surface area contributed by atoms with Crippen LogP contribution in [0.25, 0.3) is 21.9 Å². The molecule has 0 saturated heterocycles. The summed E-state index contributed by atoms with van der Waals surface area (Å²) in [6.45, 7) is 1.88. The number of aliphatic carboxylic acids is 1. The molecular formula is C29H32ClN5O5. The molecule has 1 amide bonds. The number of ether oxygens (including phenoxy) is 2. The number of nitrogen functional groups attached to an aromatic ring is 1. The summed E-state index contributed by atoms with van der Waals surface area (Å²) in [5.41, 5.74) is 8.36. The molecule has 10 nitrogen and oxygen atoms in total. The number of carboxylic acids is 1. The number of carboxylic acid groups (broad SMARTS) is 1. The first-order chi connectivity index (χ1) is 19.3. The summed E-state index contributed by atoms with van der Waals surface area (Å²) in [6, 6.07) is 15.0. The van der Waals surface area contributed by atoms with Crippen molar-refractivity contribution in [1.82, 2.24) is 19.4 Å². The number of hydrogen-bond acceptors (Lipinski definition) is 7. The molecule has 1 aliphatic rings. The van der Waals surface area contributed by atoms with Crippen LogP contribution in [0.15, 0.2) is 48.5 Å². The number of aryl methyl sites for hydroxylation is 1. The highest BCUT2D eigenvalue weighted by Gasteiger charge is 2.53. The Kier molecular flexibility index (Phi) is 8.09. The van der Waals surface area contributed by atoms with Gasteiger partial charge in [-0.15, -0.1) is 11.6 Å². The fourth-order valence-electron chi connectivity index (χ4n) is 4.95. The zero-order valence-corrected chi connectivity index (χ0v) is 23.1. The van der Waals surface area contributed by atoms with Crippen LogP contribution in [0.2, 0.25) is 0 Å². The summed E-state index contributed by atoms with van der Waals surface area (Å²) in [5.74, 6) is 0.405. The maximum Gasteiger partial charge on any atom is 0.348 e. The summed E-state index contributed by atoms with van der Waals surface area (Å²) < 4.78 is 13.2. The third kappa shape index (κ3) is 5.68. The van der Waals surface area contributed by atoms with E-state index in [1.54, 1.807) is 30.2 Å². The van der Waals surface area contributed by atoms with Gasteiger partial charge in [0.05, 0.1) is 17.6 Å². The number of aromatic nitrogens is 3. The Morgan fingerprint density at radius 3 is 2.70 bits per heavy atom. The molecule has 11 heteroatoms. The fraction of sp³-hybridized carbons (Fsp3) is 0.379. The maximum atomic E-state index is 12.8. The first-order valence-corrected chi connectivity index (χ1v) is 13.8.